The topological polar surface area (TPSA) is 102 Å². The molecular formula is C22H18BrN5O3S. The van der Waals surface area contributed by atoms with Gasteiger partial charge in [-0.2, -0.15) is 15.1 Å². The van der Waals surface area contributed by atoms with E-state index in [9.17, 15) is 9.59 Å². The third-order valence-corrected chi connectivity index (χ3v) is 6.74. The number of nitrogens with one attached hydrogen (secondary N) is 1. The van der Waals surface area contributed by atoms with E-state index in [1.54, 1.807) is 6.07 Å². The molecule has 162 valence electrons. The number of hydrogen-bond acceptors (Lipinski definition) is 6. The van der Waals surface area contributed by atoms with Crippen molar-refractivity contribution < 1.29 is 14.0 Å². The number of hydrazone groups is 1. The average Bonchev–Trinajstić information content (AvgIpc) is 3.53. The Morgan fingerprint density at radius 2 is 1.94 bits per heavy atom. The molecule has 1 aromatic heterocycles. The van der Waals surface area contributed by atoms with Gasteiger partial charge in [0.1, 0.15) is 16.6 Å². The van der Waals surface area contributed by atoms with Crippen molar-refractivity contribution in [3.63, 3.8) is 0 Å². The van der Waals surface area contributed by atoms with Gasteiger partial charge in [-0.3, -0.25) is 15.0 Å². The summed E-state index contributed by atoms with van der Waals surface area (Å²) in [4.78, 5) is 30.9. The lowest BCUT2D eigenvalue weighted by atomic mass is 10.1. The largest absolute Gasteiger partial charge is 0.457 e. The van der Waals surface area contributed by atoms with E-state index in [-0.39, 0.29) is 23.7 Å². The molecule has 0 saturated carbocycles. The lowest BCUT2D eigenvalue weighted by Gasteiger charge is -2.19. The number of nitrogens with zero attached hydrogens (tertiary/aromatic N) is 4. The molecule has 0 atom stereocenters. The second-order valence-electron chi connectivity index (χ2n) is 7.49. The molecule has 0 bridgehead atoms. The highest BCUT2D eigenvalue weighted by Crippen LogP contribution is 2.31. The standard InChI is InChI=1S/C22H18BrN5O3S/c23-14-5-3-13(4-6-14)17-8-7-15(31-17)11-16-20(24)28-22(25-21(16)30)32-18(26-28)12-19(29)27-9-1-2-10-27/h3-8,11,24H,1-2,9-10,12H2/b16-11-,24-20?. The minimum Gasteiger partial charge on any atom is -0.457 e. The van der Waals surface area contributed by atoms with Crippen LogP contribution in [0.15, 0.2) is 61.0 Å². The quantitative estimate of drug-likeness (QED) is 0.615. The number of likely N-dealkylation sites (tertiary alicyclic amines) is 1. The van der Waals surface area contributed by atoms with Crippen molar-refractivity contribution in [2.75, 3.05) is 13.1 Å². The minimum atomic E-state index is -0.530. The molecule has 2 amide bonds. The number of carbonyl (C=O) groups is 2. The van der Waals surface area contributed by atoms with Crippen LogP contribution in [0.2, 0.25) is 0 Å². The number of fused-ring (bicyclic) bond motifs is 1. The molecule has 1 N–H and O–H groups in total. The van der Waals surface area contributed by atoms with E-state index in [1.165, 1.54) is 11.1 Å². The van der Waals surface area contributed by atoms with E-state index < -0.39 is 5.91 Å². The number of rotatable bonds is 4. The number of hydrogen-bond donors (Lipinski definition) is 1. The Labute approximate surface area is 196 Å². The highest BCUT2D eigenvalue weighted by Gasteiger charge is 2.36. The molecule has 0 aliphatic carbocycles. The summed E-state index contributed by atoms with van der Waals surface area (Å²) in [6.07, 6.45) is 3.69. The number of furan rings is 1. The van der Waals surface area contributed by atoms with Crippen LogP contribution in [0.25, 0.3) is 17.4 Å². The van der Waals surface area contributed by atoms with E-state index >= 15 is 0 Å². The molecule has 8 nitrogen and oxygen atoms in total. The number of amides is 2. The Kier molecular flexibility index (Phi) is 5.56. The zero-order valence-electron chi connectivity index (χ0n) is 16.9. The second-order valence-corrected chi connectivity index (χ2v) is 9.44. The fraction of sp³-hybridized carbons (Fsp3) is 0.227. The Bertz CT molecular complexity index is 1210. The van der Waals surface area contributed by atoms with E-state index in [1.807, 2.05) is 35.2 Å². The normalized spacial score (nSPS) is 19.5. The molecule has 1 fully saturated rings. The summed E-state index contributed by atoms with van der Waals surface area (Å²) in [5, 5.41) is 15.0. The minimum absolute atomic E-state index is 0.0128. The van der Waals surface area contributed by atoms with Crippen LogP contribution in [0.4, 0.5) is 0 Å². The van der Waals surface area contributed by atoms with Gasteiger partial charge in [0.25, 0.3) is 5.91 Å². The molecule has 0 spiro atoms. The van der Waals surface area contributed by atoms with Gasteiger partial charge in [-0.05, 0) is 54.9 Å². The highest BCUT2D eigenvalue weighted by molar-refractivity contribution is 9.10. The van der Waals surface area contributed by atoms with E-state index in [2.05, 4.69) is 26.0 Å². The molecule has 1 aromatic carbocycles. The summed E-state index contributed by atoms with van der Waals surface area (Å²) in [5.41, 5.74) is 0.984. The first-order chi connectivity index (χ1) is 15.5. The van der Waals surface area contributed by atoms with E-state index in [0.29, 0.717) is 21.7 Å². The van der Waals surface area contributed by atoms with E-state index in [0.717, 1.165) is 47.7 Å². The molecule has 3 aliphatic heterocycles. The van der Waals surface area contributed by atoms with Gasteiger partial charge < -0.3 is 9.32 Å². The maximum atomic E-state index is 12.6. The molecule has 0 unspecified atom stereocenters. The van der Waals surface area contributed by atoms with Crippen LogP contribution in [-0.4, -0.2) is 50.9 Å². The van der Waals surface area contributed by atoms with Crippen molar-refractivity contribution in [2.24, 2.45) is 10.1 Å². The molecule has 2 aromatic rings. The molecular weight excluding hydrogens is 494 g/mol. The average molecular weight is 512 g/mol. The highest BCUT2D eigenvalue weighted by atomic mass is 79.9. The van der Waals surface area contributed by atoms with Gasteiger partial charge in [-0.25, -0.2) is 0 Å². The zero-order valence-corrected chi connectivity index (χ0v) is 19.3. The van der Waals surface area contributed by atoms with Gasteiger partial charge in [0, 0.05) is 23.1 Å². The van der Waals surface area contributed by atoms with E-state index in [4.69, 9.17) is 9.83 Å². The lowest BCUT2D eigenvalue weighted by Crippen LogP contribution is -2.35. The number of carbonyl (C=O) groups excluding carboxylic acids is 2. The van der Waals surface area contributed by atoms with Crippen molar-refractivity contribution in [1.29, 1.82) is 5.41 Å². The van der Waals surface area contributed by atoms with Gasteiger partial charge in [0.2, 0.25) is 11.1 Å². The maximum Gasteiger partial charge on any atom is 0.283 e. The van der Waals surface area contributed by atoms with Crippen molar-refractivity contribution in [2.45, 2.75) is 19.3 Å². The molecule has 3 aliphatic rings. The molecule has 5 rings (SSSR count). The smallest absolute Gasteiger partial charge is 0.283 e. The summed E-state index contributed by atoms with van der Waals surface area (Å²) in [6, 6.07) is 11.2. The van der Waals surface area contributed by atoms with Crippen LogP contribution < -0.4 is 0 Å². The van der Waals surface area contributed by atoms with Crippen LogP contribution in [0, 0.1) is 5.41 Å². The zero-order chi connectivity index (χ0) is 22.2. The van der Waals surface area contributed by atoms with Crippen LogP contribution in [-0.2, 0) is 9.59 Å². The van der Waals surface area contributed by atoms with Gasteiger partial charge in [0.15, 0.2) is 5.84 Å². The Hall–Kier alpha value is -2.98. The van der Waals surface area contributed by atoms with Crippen LogP contribution in [0.3, 0.4) is 0 Å². The predicted molar refractivity (Wildman–Crippen MR) is 127 cm³/mol. The van der Waals surface area contributed by atoms with Crippen LogP contribution in [0.1, 0.15) is 25.0 Å². The third kappa shape index (κ3) is 4.07. The first kappa shape index (κ1) is 20.9. The number of amidine groups is 2. The molecule has 4 heterocycles. The van der Waals surface area contributed by atoms with Gasteiger partial charge in [-0.1, -0.05) is 28.1 Å². The van der Waals surface area contributed by atoms with Crippen LogP contribution >= 0.6 is 27.7 Å². The summed E-state index contributed by atoms with van der Waals surface area (Å²) < 4.78 is 6.82. The third-order valence-electron chi connectivity index (χ3n) is 5.30. The van der Waals surface area contributed by atoms with Crippen molar-refractivity contribution in [1.82, 2.24) is 9.91 Å². The fourth-order valence-corrected chi connectivity index (χ4v) is 4.79. The first-order valence-corrected chi connectivity index (χ1v) is 11.7. The first-order valence-electron chi connectivity index (χ1n) is 10.1. The van der Waals surface area contributed by atoms with Gasteiger partial charge in [0.05, 0.1) is 12.0 Å². The van der Waals surface area contributed by atoms with Gasteiger partial charge >= 0.3 is 0 Å². The summed E-state index contributed by atoms with van der Waals surface area (Å²) in [6.45, 7) is 1.54. The SMILES string of the molecule is N=C1/C(=C/c2ccc(-c3ccc(Br)cc3)o2)C(=O)N=C2SC(CC(=O)N3CCCC3)=NN12. The number of halogens is 1. The predicted octanol–water partition coefficient (Wildman–Crippen LogP) is 4.34. The monoisotopic (exact) mass is 511 g/mol. The summed E-state index contributed by atoms with van der Waals surface area (Å²) >= 11 is 4.57. The number of aliphatic imine (C=N–C) groups is 1. The molecule has 32 heavy (non-hydrogen) atoms. The van der Waals surface area contributed by atoms with Crippen molar-refractivity contribution in [3.8, 4) is 11.3 Å². The Morgan fingerprint density at radius 1 is 1.19 bits per heavy atom. The molecule has 0 radical (unpaired) electrons. The number of benzene rings is 1. The van der Waals surface area contributed by atoms with Crippen LogP contribution in [0.5, 0.6) is 0 Å². The van der Waals surface area contributed by atoms with Crippen molar-refractivity contribution >= 4 is 61.6 Å². The molecule has 1 saturated heterocycles. The number of thioether (sulfide) groups is 1. The Balaban J connectivity index is 1.35. The second kappa shape index (κ2) is 8.51. The Morgan fingerprint density at radius 3 is 2.69 bits per heavy atom. The van der Waals surface area contributed by atoms with Gasteiger partial charge in [-0.15, -0.1) is 0 Å². The van der Waals surface area contributed by atoms with Crippen molar-refractivity contribution in [3.05, 3.63) is 52.2 Å². The summed E-state index contributed by atoms with van der Waals surface area (Å²) in [7, 11) is 0. The maximum absolute atomic E-state index is 12.6. The summed E-state index contributed by atoms with van der Waals surface area (Å²) in [5.74, 6) is 0.491. The fourth-order valence-electron chi connectivity index (χ4n) is 3.65. The molecule has 10 heteroatoms. The lowest BCUT2D eigenvalue weighted by molar-refractivity contribution is -0.128.